The van der Waals surface area contributed by atoms with Gasteiger partial charge in [-0.2, -0.15) is 0 Å². The van der Waals surface area contributed by atoms with Gasteiger partial charge in [-0.3, -0.25) is 9.59 Å². The van der Waals surface area contributed by atoms with Crippen molar-refractivity contribution in [3.8, 4) is 0 Å². The molecule has 2 fully saturated rings. The first-order chi connectivity index (χ1) is 9.20. The number of methoxy groups -OCH3 is 1. The Morgan fingerprint density at radius 3 is 2.68 bits per heavy atom. The molecular weight excluding hydrogens is 244 g/mol. The van der Waals surface area contributed by atoms with Crippen LogP contribution in [0.2, 0.25) is 0 Å². The Balaban J connectivity index is 1.68. The van der Waals surface area contributed by atoms with E-state index < -0.39 is 0 Å². The van der Waals surface area contributed by atoms with Crippen molar-refractivity contribution in [1.29, 1.82) is 0 Å². The van der Waals surface area contributed by atoms with Crippen molar-refractivity contribution in [2.45, 2.75) is 32.1 Å². The summed E-state index contributed by atoms with van der Waals surface area (Å²) in [5.41, 5.74) is 0. The first kappa shape index (κ1) is 14.3. The highest BCUT2D eigenvalue weighted by Crippen LogP contribution is 2.19. The summed E-state index contributed by atoms with van der Waals surface area (Å²) < 4.78 is 4.70. The predicted octanol–water partition coefficient (Wildman–Crippen LogP) is 0.884. The van der Waals surface area contributed by atoms with Crippen molar-refractivity contribution in [3.63, 3.8) is 0 Å². The van der Waals surface area contributed by atoms with E-state index in [4.69, 9.17) is 4.74 Å². The number of hydrogen-bond acceptors (Lipinski definition) is 4. The van der Waals surface area contributed by atoms with Crippen LogP contribution in [-0.2, 0) is 14.3 Å². The second kappa shape index (κ2) is 6.89. The summed E-state index contributed by atoms with van der Waals surface area (Å²) in [6, 6.07) is 0. The average molecular weight is 268 g/mol. The van der Waals surface area contributed by atoms with E-state index in [0.29, 0.717) is 13.0 Å². The van der Waals surface area contributed by atoms with Gasteiger partial charge < -0.3 is 14.5 Å². The molecular formula is C14H24N2O3. The number of esters is 1. The minimum absolute atomic E-state index is 0.0917. The quantitative estimate of drug-likeness (QED) is 0.695. The Labute approximate surface area is 114 Å². The molecule has 1 unspecified atom stereocenters. The molecule has 0 spiro atoms. The van der Waals surface area contributed by atoms with Gasteiger partial charge in [0.2, 0.25) is 5.91 Å². The van der Waals surface area contributed by atoms with Gasteiger partial charge in [-0.1, -0.05) is 6.42 Å². The minimum Gasteiger partial charge on any atom is -0.469 e. The maximum absolute atomic E-state index is 11.8. The fourth-order valence-electron chi connectivity index (χ4n) is 2.98. The number of carbonyl (C=O) groups excluding carboxylic acids is 2. The highest BCUT2D eigenvalue weighted by molar-refractivity contribution is 5.86. The Morgan fingerprint density at radius 1 is 1.26 bits per heavy atom. The van der Waals surface area contributed by atoms with Crippen LogP contribution < -0.4 is 0 Å². The second-order valence-electron chi connectivity index (χ2n) is 5.52. The van der Waals surface area contributed by atoms with Crippen molar-refractivity contribution >= 4 is 11.9 Å². The standard InChI is InChI=1S/C14H24N2O3/c1-19-14(18)12-10-13(17)16(11-12)9-5-8-15-6-3-2-4-7-15/h12H,2-11H2,1H3. The van der Waals surface area contributed by atoms with E-state index in [1.807, 2.05) is 4.90 Å². The van der Waals surface area contributed by atoms with Gasteiger partial charge in [0.15, 0.2) is 0 Å². The van der Waals surface area contributed by atoms with Gasteiger partial charge in [-0.15, -0.1) is 0 Å². The topological polar surface area (TPSA) is 49.9 Å². The average Bonchev–Trinajstić information content (AvgIpc) is 2.81. The zero-order chi connectivity index (χ0) is 13.7. The molecule has 2 rings (SSSR count). The van der Waals surface area contributed by atoms with Crippen LogP contribution >= 0.6 is 0 Å². The molecule has 2 aliphatic heterocycles. The Bertz CT molecular complexity index is 327. The number of piperidine rings is 1. The third kappa shape index (κ3) is 3.93. The lowest BCUT2D eigenvalue weighted by atomic mass is 10.1. The van der Waals surface area contributed by atoms with E-state index in [-0.39, 0.29) is 17.8 Å². The lowest BCUT2D eigenvalue weighted by molar-refractivity contribution is -0.145. The van der Waals surface area contributed by atoms with E-state index in [2.05, 4.69) is 4.90 Å². The van der Waals surface area contributed by atoms with E-state index in [1.165, 1.54) is 39.5 Å². The molecule has 1 atom stereocenters. The Hall–Kier alpha value is -1.10. The predicted molar refractivity (Wildman–Crippen MR) is 71.6 cm³/mol. The van der Waals surface area contributed by atoms with E-state index in [0.717, 1.165) is 19.5 Å². The van der Waals surface area contributed by atoms with Crippen molar-refractivity contribution in [2.24, 2.45) is 5.92 Å². The summed E-state index contributed by atoms with van der Waals surface area (Å²) in [6.45, 7) is 4.75. The van der Waals surface area contributed by atoms with Crippen LogP contribution in [0.1, 0.15) is 32.1 Å². The van der Waals surface area contributed by atoms with Gasteiger partial charge in [0.1, 0.15) is 0 Å². The van der Waals surface area contributed by atoms with Crippen LogP contribution in [-0.4, -0.2) is 61.5 Å². The molecule has 2 heterocycles. The zero-order valence-electron chi connectivity index (χ0n) is 11.8. The SMILES string of the molecule is COC(=O)C1CC(=O)N(CCCN2CCCCC2)C1. The number of rotatable bonds is 5. The van der Waals surface area contributed by atoms with Crippen LogP contribution in [0.5, 0.6) is 0 Å². The fourth-order valence-corrected chi connectivity index (χ4v) is 2.98. The van der Waals surface area contributed by atoms with Gasteiger partial charge in [0, 0.05) is 19.5 Å². The normalized spacial score (nSPS) is 24.8. The molecule has 5 heteroatoms. The number of ether oxygens (including phenoxy) is 1. The summed E-state index contributed by atoms with van der Waals surface area (Å²) in [4.78, 5) is 27.5. The number of hydrogen-bond donors (Lipinski definition) is 0. The summed E-state index contributed by atoms with van der Waals surface area (Å²) in [5, 5.41) is 0. The van der Waals surface area contributed by atoms with Gasteiger partial charge in [0.05, 0.1) is 13.0 Å². The first-order valence-corrected chi connectivity index (χ1v) is 7.28. The molecule has 0 aromatic carbocycles. The molecule has 2 saturated heterocycles. The van der Waals surface area contributed by atoms with Crippen molar-refractivity contribution in [2.75, 3.05) is 39.8 Å². The zero-order valence-corrected chi connectivity index (χ0v) is 11.8. The van der Waals surface area contributed by atoms with Gasteiger partial charge in [-0.25, -0.2) is 0 Å². The fraction of sp³-hybridized carbons (Fsp3) is 0.857. The number of nitrogens with zero attached hydrogens (tertiary/aromatic N) is 2. The molecule has 0 saturated carbocycles. The number of likely N-dealkylation sites (tertiary alicyclic amines) is 2. The number of carbonyl (C=O) groups is 2. The molecule has 5 nitrogen and oxygen atoms in total. The van der Waals surface area contributed by atoms with Gasteiger partial charge in [-0.05, 0) is 38.9 Å². The number of amides is 1. The minimum atomic E-state index is -0.258. The van der Waals surface area contributed by atoms with Crippen molar-refractivity contribution in [3.05, 3.63) is 0 Å². The Kier molecular flexibility index (Phi) is 5.19. The van der Waals surface area contributed by atoms with Crippen LogP contribution in [0.15, 0.2) is 0 Å². The Morgan fingerprint density at radius 2 is 2.00 bits per heavy atom. The monoisotopic (exact) mass is 268 g/mol. The maximum Gasteiger partial charge on any atom is 0.310 e. The third-order valence-corrected chi connectivity index (χ3v) is 4.10. The van der Waals surface area contributed by atoms with Crippen LogP contribution in [0.25, 0.3) is 0 Å². The highest BCUT2D eigenvalue weighted by Gasteiger charge is 2.34. The van der Waals surface area contributed by atoms with Crippen molar-refractivity contribution in [1.82, 2.24) is 9.80 Å². The smallest absolute Gasteiger partial charge is 0.310 e. The lowest BCUT2D eigenvalue weighted by Crippen LogP contribution is -2.34. The van der Waals surface area contributed by atoms with Crippen molar-refractivity contribution < 1.29 is 14.3 Å². The van der Waals surface area contributed by atoms with Gasteiger partial charge >= 0.3 is 5.97 Å². The first-order valence-electron chi connectivity index (χ1n) is 7.28. The molecule has 19 heavy (non-hydrogen) atoms. The molecule has 0 aromatic rings. The summed E-state index contributed by atoms with van der Waals surface area (Å²) in [7, 11) is 1.38. The van der Waals surface area contributed by atoms with E-state index in [1.54, 1.807) is 0 Å². The van der Waals surface area contributed by atoms with Crippen LogP contribution in [0.4, 0.5) is 0 Å². The second-order valence-corrected chi connectivity index (χ2v) is 5.52. The van der Waals surface area contributed by atoms with Gasteiger partial charge in [0.25, 0.3) is 0 Å². The lowest BCUT2D eigenvalue weighted by Gasteiger charge is -2.27. The molecule has 0 N–H and O–H groups in total. The van der Waals surface area contributed by atoms with Crippen LogP contribution in [0, 0.1) is 5.92 Å². The molecule has 0 aromatic heterocycles. The van der Waals surface area contributed by atoms with E-state index >= 15 is 0 Å². The molecule has 2 aliphatic rings. The molecule has 108 valence electrons. The highest BCUT2D eigenvalue weighted by atomic mass is 16.5. The molecule has 0 bridgehead atoms. The third-order valence-electron chi connectivity index (χ3n) is 4.10. The summed E-state index contributed by atoms with van der Waals surface area (Å²) in [5.74, 6) is -0.423. The summed E-state index contributed by atoms with van der Waals surface area (Å²) >= 11 is 0. The molecule has 1 amide bonds. The molecule has 0 radical (unpaired) electrons. The van der Waals surface area contributed by atoms with Crippen LogP contribution in [0.3, 0.4) is 0 Å². The largest absolute Gasteiger partial charge is 0.469 e. The maximum atomic E-state index is 11.8. The van der Waals surface area contributed by atoms with E-state index in [9.17, 15) is 9.59 Å². The molecule has 0 aliphatic carbocycles. The summed E-state index contributed by atoms with van der Waals surface area (Å²) in [6.07, 6.45) is 5.26.